The number of hydrogen-bond acceptors (Lipinski definition) is 3. The molecule has 0 atom stereocenters. The molecule has 0 spiro atoms. The fraction of sp³-hybridized carbons (Fsp3) is 0.250. The standard InChI is InChI=1S/C8H8ClNO2S/c9-4-2-1-3-6-7(8(11)12)10-5-13-6/h1,3,5H,2,4H2,(H,11,12). The molecule has 1 N–H and O–H groups in total. The van der Waals surface area contributed by atoms with Gasteiger partial charge >= 0.3 is 5.97 Å². The summed E-state index contributed by atoms with van der Waals surface area (Å²) in [5, 5.41) is 8.70. The predicted molar refractivity (Wildman–Crippen MR) is 53.4 cm³/mol. The van der Waals surface area contributed by atoms with E-state index in [-0.39, 0.29) is 5.69 Å². The van der Waals surface area contributed by atoms with Gasteiger partial charge in [0.15, 0.2) is 5.69 Å². The second-order valence-electron chi connectivity index (χ2n) is 2.25. The molecule has 3 nitrogen and oxygen atoms in total. The molecular weight excluding hydrogens is 210 g/mol. The van der Waals surface area contributed by atoms with Gasteiger partial charge in [-0.3, -0.25) is 0 Å². The van der Waals surface area contributed by atoms with Gasteiger partial charge in [0.25, 0.3) is 0 Å². The number of aromatic carboxylic acids is 1. The minimum Gasteiger partial charge on any atom is -0.476 e. The number of carboxylic acids is 1. The Hall–Kier alpha value is -0.870. The van der Waals surface area contributed by atoms with E-state index in [1.54, 1.807) is 6.08 Å². The number of nitrogens with zero attached hydrogens (tertiary/aromatic N) is 1. The lowest BCUT2D eigenvalue weighted by molar-refractivity contribution is 0.0691. The lowest BCUT2D eigenvalue weighted by Crippen LogP contribution is -1.97. The highest BCUT2D eigenvalue weighted by Crippen LogP contribution is 2.15. The number of aromatic nitrogens is 1. The van der Waals surface area contributed by atoms with E-state index in [9.17, 15) is 4.79 Å². The minimum atomic E-state index is -0.994. The van der Waals surface area contributed by atoms with Crippen molar-refractivity contribution in [3.63, 3.8) is 0 Å². The van der Waals surface area contributed by atoms with Gasteiger partial charge in [-0.15, -0.1) is 22.9 Å². The number of rotatable bonds is 4. The zero-order chi connectivity index (χ0) is 9.68. The van der Waals surface area contributed by atoms with Crippen LogP contribution in [0.25, 0.3) is 6.08 Å². The summed E-state index contributed by atoms with van der Waals surface area (Å²) in [6.45, 7) is 0. The van der Waals surface area contributed by atoms with Crippen LogP contribution in [-0.4, -0.2) is 21.9 Å². The number of alkyl halides is 1. The molecule has 70 valence electrons. The molecule has 1 aromatic rings. The van der Waals surface area contributed by atoms with Crippen molar-refractivity contribution < 1.29 is 9.90 Å². The summed E-state index contributed by atoms with van der Waals surface area (Å²) < 4.78 is 0. The van der Waals surface area contributed by atoms with Crippen LogP contribution in [0.2, 0.25) is 0 Å². The topological polar surface area (TPSA) is 50.2 Å². The molecular formula is C8H8ClNO2S. The van der Waals surface area contributed by atoms with Crippen LogP contribution in [-0.2, 0) is 0 Å². The van der Waals surface area contributed by atoms with Crippen LogP contribution in [0.3, 0.4) is 0 Å². The Morgan fingerprint density at radius 3 is 3.15 bits per heavy atom. The summed E-state index contributed by atoms with van der Waals surface area (Å²) in [4.78, 5) is 15.0. The van der Waals surface area contributed by atoms with E-state index in [1.165, 1.54) is 16.8 Å². The quantitative estimate of drug-likeness (QED) is 0.789. The van der Waals surface area contributed by atoms with Crippen molar-refractivity contribution in [3.05, 3.63) is 22.2 Å². The van der Waals surface area contributed by atoms with Gasteiger partial charge in [0.05, 0.1) is 10.4 Å². The molecule has 0 amide bonds. The maximum atomic E-state index is 10.6. The zero-order valence-corrected chi connectivity index (χ0v) is 8.31. The SMILES string of the molecule is O=C(O)c1ncsc1C=CCCCl. The Morgan fingerprint density at radius 2 is 2.54 bits per heavy atom. The van der Waals surface area contributed by atoms with E-state index >= 15 is 0 Å². The Morgan fingerprint density at radius 1 is 1.77 bits per heavy atom. The molecule has 1 heterocycles. The fourth-order valence-electron chi connectivity index (χ4n) is 0.787. The number of thiazole rings is 1. The number of carboxylic acid groups (broad SMARTS) is 1. The first-order valence-corrected chi connectivity index (χ1v) is 5.06. The van der Waals surface area contributed by atoms with E-state index in [0.29, 0.717) is 10.8 Å². The van der Waals surface area contributed by atoms with Gasteiger partial charge in [0.1, 0.15) is 0 Å². The van der Waals surface area contributed by atoms with Crippen LogP contribution >= 0.6 is 22.9 Å². The Bertz CT molecular complexity index is 322. The molecule has 13 heavy (non-hydrogen) atoms. The maximum absolute atomic E-state index is 10.6. The largest absolute Gasteiger partial charge is 0.476 e. The molecule has 0 unspecified atom stereocenters. The van der Waals surface area contributed by atoms with Crippen LogP contribution in [0, 0.1) is 0 Å². The molecule has 0 aliphatic carbocycles. The fourth-order valence-corrected chi connectivity index (χ4v) is 1.61. The molecule has 0 fully saturated rings. The highest BCUT2D eigenvalue weighted by molar-refractivity contribution is 7.10. The molecule has 0 aliphatic heterocycles. The molecule has 5 heteroatoms. The van der Waals surface area contributed by atoms with Gasteiger partial charge in [-0.1, -0.05) is 6.08 Å². The molecule has 1 rings (SSSR count). The van der Waals surface area contributed by atoms with Gasteiger partial charge in [-0.25, -0.2) is 9.78 Å². The summed E-state index contributed by atoms with van der Waals surface area (Å²) in [5.41, 5.74) is 1.62. The smallest absolute Gasteiger partial charge is 0.356 e. The summed E-state index contributed by atoms with van der Waals surface area (Å²) in [6.07, 6.45) is 4.31. The normalized spacial score (nSPS) is 10.8. The highest BCUT2D eigenvalue weighted by Gasteiger charge is 2.10. The van der Waals surface area contributed by atoms with Crippen molar-refractivity contribution in [1.82, 2.24) is 4.98 Å². The van der Waals surface area contributed by atoms with E-state index < -0.39 is 5.97 Å². The molecule has 0 saturated heterocycles. The number of hydrogen-bond donors (Lipinski definition) is 1. The Labute approximate surface area is 84.7 Å². The summed E-state index contributed by atoms with van der Waals surface area (Å²) in [7, 11) is 0. The maximum Gasteiger partial charge on any atom is 0.356 e. The summed E-state index contributed by atoms with van der Waals surface area (Å²) in [5.74, 6) is -0.454. The Kier molecular flexibility index (Phi) is 3.92. The lowest BCUT2D eigenvalue weighted by atomic mass is 10.3. The van der Waals surface area contributed by atoms with Crippen LogP contribution < -0.4 is 0 Å². The highest BCUT2D eigenvalue weighted by atomic mass is 35.5. The average molecular weight is 218 g/mol. The predicted octanol–water partition coefficient (Wildman–Crippen LogP) is 2.48. The second-order valence-corrected chi connectivity index (χ2v) is 3.51. The van der Waals surface area contributed by atoms with Gasteiger partial charge in [0, 0.05) is 5.88 Å². The van der Waals surface area contributed by atoms with E-state index in [2.05, 4.69) is 4.98 Å². The molecule has 1 aromatic heterocycles. The first-order valence-electron chi connectivity index (χ1n) is 3.65. The van der Waals surface area contributed by atoms with Crippen LogP contribution in [0.5, 0.6) is 0 Å². The van der Waals surface area contributed by atoms with Gasteiger partial charge < -0.3 is 5.11 Å². The third-order valence-corrected chi connectivity index (χ3v) is 2.35. The van der Waals surface area contributed by atoms with Crippen molar-refractivity contribution >= 4 is 35.0 Å². The summed E-state index contributed by atoms with van der Waals surface area (Å²) >= 11 is 6.77. The van der Waals surface area contributed by atoms with Crippen LogP contribution in [0.4, 0.5) is 0 Å². The lowest BCUT2D eigenvalue weighted by Gasteiger charge is -1.89. The average Bonchev–Trinajstić information content (AvgIpc) is 2.53. The summed E-state index contributed by atoms with van der Waals surface area (Å²) in [6, 6.07) is 0. The zero-order valence-electron chi connectivity index (χ0n) is 6.74. The molecule has 0 aromatic carbocycles. The van der Waals surface area contributed by atoms with E-state index in [0.717, 1.165) is 6.42 Å². The van der Waals surface area contributed by atoms with Crippen LogP contribution in [0.1, 0.15) is 21.8 Å². The van der Waals surface area contributed by atoms with Crippen molar-refractivity contribution in [3.8, 4) is 0 Å². The Balaban J connectivity index is 2.76. The van der Waals surface area contributed by atoms with Crippen molar-refractivity contribution in [2.45, 2.75) is 6.42 Å². The molecule has 0 saturated carbocycles. The van der Waals surface area contributed by atoms with Crippen LogP contribution in [0.15, 0.2) is 11.6 Å². The van der Waals surface area contributed by atoms with Gasteiger partial charge in [0.2, 0.25) is 0 Å². The number of halogens is 1. The first-order chi connectivity index (χ1) is 6.25. The minimum absolute atomic E-state index is 0.107. The first kappa shape index (κ1) is 10.2. The molecule has 0 radical (unpaired) electrons. The van der Waals surface area contributed by atoms with E-state index in [1.807, 2.05) is 6.08 Å². The van der Waals surface area contributed by atoms with Crippen molar-refractivity contribution in [1.29, 1.82) is 0 Å². The monoisotopic (exact) mass is 217 g/mol. The van der Waals surface area contributed by atoms with Gasteiger partial charge in [-0.05, 0) is 12.5 Å². The van der Waals surface area contributed by atoms with Gasteiger partial charge in [-0.2, -0.15) is 0 Å². The second kappa shape index (κ2) is 4.99. The number of allylic oxidation sites excluding steroid dienone is 1. The van der Waals surface area contributed by atoms with Crippen molar-refractivity contribution in [2.75, 3.05) is 5.88 Å². The number of carbonyl (C=O) groups is 1. The molecule has 0 bridgehead atoms. The molecule has 0 aliphatic rings. The van der Waals surface area contributed by atoms with Crippen molar-refractivity contribution in [2.24, 2.45) is 0 Å². The third kappa shape index (κ3) is 2.82. The third-order valence-electron chi connectivity index (χ3n) is 1.34. The van der Waals surface area contributed by atoms with E-state index in [4.69, 9.17) is 16.7 Å².